The minimum Gasteiger partial charge on any atom is -0.371 e. The Labute approximate surface area is 101 Å². The lowest BCUT2D eigenvalue weighted by molar-refractivity contribution is -0.125. The average molecular weight is 266 g/mol. The Kier molecular flexibility index (Phi) is 4.01. The Morgan fingerprint density at radius 1 is 1.53 bits per heavy atom. The van der Waals surface area contributed by atoms with Crippen LogP contribution in [0.25, 0.3) is 0 Å². The van der Waals surface area contributed by atoms with E-state index in [1.807, 2.05) is 0 Å². The van der Waals surface area contributed by atoms with Crippen LogP contribution in [0.1, 0.15) is 29.6 Å². The molecule has 96 valence electrons. The van der Waals surface area contributed by atoms with Gasteiger partial charge in [0.25, 0.3) is 0 Å². The number of hydrogen-bond acceptors (Lipinski definition) is 4. The Hall–Kier alpha value is -0.660. The summed E-state index contributed by atoms with van der Waals surface area (Å²) in [4.78, 5) is 4.28. The van der Waals surface area contributed by atoms with Crippen LogP contribution in [0.15, 0.2) is 5.38 Å². The van der Waals surface area contributed by atoms with Crippen LogP contribution in [0.4, 0.5) is 13.2 Å². The van der Waals surface area contributed by atoms with Crippen molar-refractivity contribution >= 4 is 11.3 Å². The molecule has 0 radical (unpaired) electrons. The fourth-order valence-corrected chi connectivity index (χ4v) is 2.56. The number of alkyl halides is 3. The highest BCUT2D eigenvalue weighted by molar-refractivity contribution is 7.09. The van der Waals surface area contributed by atoms with Gasteiger partial charge in [-0.2, -0.15) is 13.2 Å². The normalized spacial score (nSPS) is 21.0. The van der Waals surface area contributed by atoms with Crippen LogP contribution < -0.4 is 5.32 Å². The van der Waals surface area contributed by atoms with E-state index in [0.29, 0.717) is 5.69 Å². The van der Waals surface area contributed by atoms with E-state index in [0.717, 1.165) is 24.5 Å². The highest BCUT2D eigenvalue weighted by Crippen LogP contribution is 2.30. The molecule has 1 atom stereocenters. The molecule has 1 unspecified atom stereocenters. The zero-order valence-electron chi connectivity index (χ0n) is 9.09. The lowest BCUT2D eigenvalue weighted by Gasteiger charge is -2.06. The average Bonchev–Trinajstić information content (AvgIpc) is 2.83. The van der Waals surface area contributed by atoms with E-state index in [4.69, 9.17) is 4.74 Å². The third-order valence-corrected chi connectivity index (χ3v) is 3.39. The predicted octanol–water partition coefficient (Wildman–Crippen LogP) is 2.65. The van der Waals surface area contributed by atoms with Gasteiger partial charge in [-0.3, -0.25) is 0 Å². The summed E-state index contributed by atoms with van der Waals surface area (Å²) in [5.41, 5.74) is 0.643. The summed E-state index contributed by atoms with van der Waals surface area (Å²) in [5, 5.41) is 4.97. The number of rotatable bonds is 4. The number of ether oxygens (including phenoxy) is 1. The quantitative estimate of drug-likeness (QED) is 0.909. The summed E-state index contributed by atoms with van der Waals surface area (Å²) in [6.07, 6.45) is -2.17. The van der Waals surface area contributed by atoms with Gasteiger partial charge in [0, 0.05) is 18.5 Å². The second kappa shape index (κ2) is 5.32. The SMILES string of the molecule is FC(F)(F)CNCc1csc(C2CCCO2)n1. The predicted molar refractivity (Wildman–Crippen MR) is 57.8 cm³/mol. The minimum atomic E-state index is -4.17. The van der Waals surface area contributed by atoms with E-state index in [1.54, 1.807) is 5.38 Å². The number of halogens is 3. The van der Waals surface area contributed by atoms with Crippen molar-refractivity contribution in [3.05, 3.63) is 16.1 Å². The third-order valence-electron chi connectivity index (χ3n) is 2.41. The monoisotopic (exact) mass is 266 g/mol. The van der Waals surface area contributed by atoms with Gasteiger partial charge in [-0.05, 0) is 12.8 Å². The van der Waals surface area contributed by atoms with Gasteiger partial charge in [0.05, 0.1) is 12.2 Å². The third kappa shape index (κ3) is 3.93. The summed E-state index contributed by atoms with van der Waals surface area (Å²) in [6.45, 7) is -0.103. The molecule has 0 aliphatic carbocycles. The maximum absolute atomic E-state index is 11.9. The van der Waals surface area contributed by atoms with E-state index in [2.05, 4.69) is 10.3 Å². The molecule has 3 nitrogen and oxygen atoms in total. The molecular weight excluding hydrogens is 253 g/mol. The lowest BCUT2D eigenvalue weighted by Crippen LogP contribution is -2.28. The second-order valence-electron chi connectivity index (χ2n) is 3.90. The molecule has 0 bridgehead atoms. The van der Waals surface area contributed by atoms with Gasteiger partial charge in [0.2, 0.25) is 0 Å². The van der Waals surface area contributed by atoms with E-state index >= 15 is 0 Å². The molecular formula is C10H13F3N2OS. The van der Waals surface area contributed by atoms with E-state index < -0.39 is 12.7 Å². The van der Waals surface area contributed by atoms with Crippen molar-refractivity contribution in [2.24, 2.45) is 0 Å². The minimum absolute atomic E-state index is 0.0383. The molecule has 1 saturated heterocycles. The fourth-order valence-electron chi connectivity index (χ4n) is 1.66. The van der Waals surface area contributed by atoms with Crippen molar-refractivity contribution in [2.45, 2.75) is 31.7 Å². The van der Waals surface area contributed by atoms with Gasteiger partial charge in [0.1, 0.15) is 11.1 Å². The van der Waals surface area contributed by atoms with Gasteiger partial charge in [-0.1, -0.05) is 0 Å². The number of hydrogen-bond donors (Lipinski definition) is 1. The van der Waals surface area contributed by atoms with E-state index in [-0.39, 0.29) is 12.6 Å². The first-order valence-electron chi connectivity index (χ1n) is 5.38. The Balaban J connectivity index is 1.81. The molecule has 0 aromatic carbocycles. The molecule has 17 heavy (non-hydrogen) atoms. The molecule has 1 aromatic rings. The van der Waals surface area contributed by atoms with Crippen molar-refractivity contribution in [3.8, 4) is 0 Å². The van der Waals surface area contributed by atoms with Crippen LogP contribution in [0, 0.1) is 0 Å². The van der Waals surface area contributed by atoms with Gasteiger partial charge in [0.15, 0.2) is 0 Å². The van der Waals surface area contributed by atoms with Crippen LogP contribution in [0.2, 0.25) is 0 Å². The van der Waals surface area contributed by atoms with Crippen LogP contribution in [-0.4, -0.2) is 24.3 Å². The van der Waals surface area contributed by atoms with Crippen LogP contribution >= 0.6 is 11.3 Å². The molecule has 0 saturated carbocycles. The van der Waals surface area contributed by atoms with Gasteiger partial charge in [-0.25, -0.2) is 4.98 Å². The zero-order valence-corrected chi connectivity index (χ0v) is 9.90. The maximum Gasteiger partial charge on any atom is 0.401 e. The number of nitrogens with one attached hydrogen (secondary N) is 1. The van der Waals surface area contributed by atoms with Crippen LogP contribution in [0.3, 0.4) is 0 Å². The Bertz CT molecular complexity index is 361. The first kappa shape index (κ1) is 12.8. The second-order valence-corrected chi connectivity index (χ2v) is 4.79. The standard InChI is InChI=1S/C10H13F3N2OS/c11-10(12,13)6-14-4-7-5-17-9(15-7)8-2-1-3-16-8/h5,8,14H,1-4,6H2. The molecule has 2 heterocycles. The summed E-state index contributed by atoms with van der Waals surface area (Å²) in [7, 11) is 0. The van der Waals surface area contributed by atoms with Crippen molar-refractivity contribution < 1.29 is 17.9 Å². The summed E-state index contributed by atoms with van der Waals surface area (Å²) in [6, 6.07) is 0. The van der Waals surface area contributed by atoms with Crippen LogP contribution in [0.5, 0.6) is 0 Å². The van der Waals surface area contributed by atoms with Crippen molar-refractivity contribution in [1.29, 1.82) is 0 Å². The molecule has 1 aliphatic rings. The molecule has 1 aliphatic heterocycles. The molecule has 1 N–H and O–H groups in total. The van der Waals surface area contributed by atoms with Crippen molar-refractivity contribution in [3.63, 3.8) is 0 Å². The van der Waals surface area contributed by atoms with Crippen LogP contribution in [-0.2, 0) is 11.3 Å². The highest BCUT2D eigenvalue weighted by Gasteiger charge is 2.26. The Morgan fingerprint density at radius 2 is 2.35 bits per heavy atom. The largest absolute Gasteiger partial charge is 0.401 e. The first-order valence-corrected chi connectivity index (χ1v) is 6.26. The van der Waals surface area contributed by atoms with E-state index in [9.17, 15) is 13.2 Å². The molecule has 2 rings (SSSR count). The molecule has 7 heteroatoms. The fraction of sp³-hybridized carbons (Fsp3) is 0.700. The zero-order chi connectivity index (χ0) is 12.3. The van der Waals surface area contributed by atoms with Gasteiger partial charge in [-0.15, -0.1) is 11.3 Å². The first-order chi connectivity index (χ1) is 8.04. The van der Waals surface area contributed by atoms with Gasteiger partial charge >= 0.3 is 6.18 Å². The number of thiazole rings is 1. The van der Waals surface area contributed by atoms with E-state index in [1.165, 1.54) is 11.3 Å². The van der Waals surface area contributed by atoms with Gasteiger partial charge < -0.3 is 10.1 Å². The number of nitrogens with zero attached hydrogens (tertiary/aromatic N) is 1. The summed E-state index contributed by atoms with van der Waals surface area (Å²) in [5.74, 6) is 0. The molecule has 0 spiro atoms. The maximum atomic E-state index is 11.9. The summed E-state index contributed by atoms with van der Waals surface area (Å²) >= 11 is 1.45. The molecule has 1 fully saturated rings. The number of aromatic nitrogens is 1. The molecule has 1 aromatic heterocycles. The molecule has 0 amide bonds. The topological polar surface area (TPSA) is 34.1 Å². The van der Waals surface area contributed by atoms with Crippen molar-refractivity contribution in [2.75, 3.05) is 13.2 Å². The Morgan fingerprint density at radius 3 is 3.00 bits per heavy atom. The lowest BCUT2D eigenvalue weighted by atomic mass is 10.2. The highest BCUT2D eigenvalue weighted by atomic mass is 32.1. The summed E-state index contributed by atoms with van der Waals surface area (Å²) < 4.78 is 41.2. The smallest absolute Gasteiger partial charge is 0.371 e. The van der Waals surface area contributed by atoms with Crippen molar-refractivity contribution in [1.82, 2.24) is 10.3 Å².